The Balaban J connectivity index is 2.45. The van der Waals surface area contributed by atoms with E-state index in [1.54, 1.807) is 6.20 Å². The molecule has 0 amide bonds. The van der Waals surface area contributed by atoms with Crippen molar-refractivity contribution in [2.45, 2.75) is 26.2 Å². The van der Waals surface area contributed by atoms with Gasteiger partial charge in [-0.2, -0.15) is 0 Å². The summed E-state index contributed by atoms with van der Waals surface area (Å²) in [6, 6.07) is 12.2. The fourth-order valence-electron chi connectivity index (χ4n) is 1.86. The summed E-state index contributed by atoms with van der Waals surface area (Å²) >= 11 is 0. The van der Waals surface area contributed by atoms with Gasteiger partial charge in [0.15, 0.2) is 0 Å². The summed E-state index contributed by atoms with van der Waals surface area (Å²) in [6.07, 6.45) is 1.65. The Morgan fingerprint density at radius 3 is 2.28 bits per heavy atom. The minimum absolute atomic E-state index is 0.149. The van der Waals surface area contributed by atoms with Gasteiger partial charge in [0.25, 0.3) is 5.82 Å². The average Bonchev–Trinajstić information content (AvgIpc) is 2.38. The van der Waals surface area contributed by atoms with Crippen LogP contribution in [0.2, 0.25) is 0 Å². The number of nitrogens with zero attached hydrogens (tertiary/aromatic N) is 2. The molecule has 1 aromatic heterocycles. The number of hydrogen-bond acceptors (Lipinski definition) is 1. The zero-order valence-electron chi connectivity index (χ0n) is 10.9. The quantitative estimate of drug-likeness (QED) is 0.661. The predicted octanol–water partition coefficient (Wildman–Crippen LogP) is 4.60. The molecule has 0 N–H and O–H groups in total. The van der Waals surface area contributed by atoms with E-state index in [0.717, 1.165) is 11.1 Å². The van der Waals surface area contributed by atoms with Crippen LogP contribution >= 0.6 is 0 Å². The van der Waals surface area contributed by atoms with Crippen molar-refractivity contribution in [3.63, 3.8) is 0 Å². The van der Waals surface area contributed by atoms with Crippen LogP contribution in [0.1, 0.15) is 26.3 Å². The van der Waals surface area contributed by atoms with E-state index in [1.165, 1.54) is 5.56 Å². The minimum Gasteiger partial charge on any atom is -0.360 e. The van der Waals surface area contributed by atoms with Gasteiger partial charge in [0, 0.05) is 5.56 Å². The normalized spacial score (nSPS) is 11.0. The van der Waals surface area contributed by atoms with Crippen LogP contribution in [0.15, 0.2) is 42.6 Å². The highest BCUT2D eigenvalue weighted by Gasteiger charge is 2.13. The molecule has 0 aliphatic carbocycles. The van der Waals surface area contributed by atoms with Gasteiger partial charge < -0.3 is 4.85 Å². The van der Waals surface area contributed by atoms with Crippen LogP contribution in [-0.4, -0.2) is 4.98 Å². The number of aromatic nitrogens is 1. The van der Waals surface area contributed by atoms with Crippen LogP contribution < -0.4 is 0 Å². The minimum atomic E-state index is 0.149. The Morgan fingerprint density at radius 2 is 1.72 bits per heavy atom. The number of rotatable bonds is 1. The first-order valence-corrected chi connectivity index (χ1v) is 5.96. The Morgan fingerprint density at radius 1 is 1.06 bits per heavy atom. The van der Waals surface area contributed by atoms with E-state index >= 15 is 0 Å². The summed E-state index contributed by atoms with van der Waals surface area (Å²) in [5.41, 5.74) is 3.38. The fraction of sp³-hybridized carbons (Fsp3) is 0.250. The van der Waals surface area contributed by atoms with Crippen LogP contribution in [0.5, 0.6) is 0 Å². The fourth-order valence-corrected chi connectivity index (χ4v) is 1.86. The topological polar surface area (TPSA) is 17.2 Å². The van der Waals surface area contributed by atoms with E-state index in [1.807, 2.05) is 12.1 Å². The number of hydrogen-bond donors (Lipinski definition) is 0. The molecule has 90 valence electrons. The molecule has 0 saturated heterocycles. The highest BCUT2D eigenvalue weighted by molar-refractivity contribution is 5.75. The molecule has 18 heavy (non-hydrogen) atoms. The number of pyridine rings is 1. The average molecular weight is 236 g/mol. The van der Waals surface area contributed by atoms with Gasteiger partial charge in [-0.3, -0.25) is 0 Å². The van der Waals surface area contributed by atoms with Crippen molar-refractivity contribution in [3.05, 3.63) is 59.6 Å². The molecule has 0 fully saturated rings. The second-order valence-electron chi connectivity index (χ2n) is 5.31. The first-order chi connectivity index (χ1) is 8.52. The van der Waals surface area contributed by atoms with Crippen molar-refractivity contribution >= 4 is 5.82 Å². The van der Waals surface area contributed by atoms with Gasteiger partial charge in [0.05, 0.1) is 0 Å². The van der Waals surface area contributed by atoms with Crippen LogP contribution in [0, 0.1) is 6.57 Å². The molecule has 1 aromatic carbocycles. The third-order valence-corrected chi connectivity index (χ3v) is 2.95. The van der Waals surface area contributed by atoms with Gasteiger partial charge in [-0.15, -0.1) is 4.98 Å². The van der Waals surface area contributed by atoms with E-state index < -0.39 is 0 Å². The van der Waals surface area contributed by atoms with Crippen LogP contribution in [0.4, 0.5) is 5.82 Å². The van der Waals surface area contributed by atoms with E-state index in [9.17, 15) is 0 Å². The van der Waals surface area contributed by atoms with Gasteiger partial charge >= 0.3 is 0 Å². The molecule has 0 bridgehead atoms. The molecule has 0 aliphatic rings. The lowest BCUT2D eigenvalue weighted by Gasteiger charge is -2.19. The van der Waals surface area contributed by atoms with Gasteiger partial charge in [-0.25, -0.2) is 0 Å². The molecule has 0 saturated carbocycles. The predicted molar refractivity (Wildman–Crippen MR) is 74.6 cm³/mol. The Labute approximate surface area is 108 Å². The highest BCUT2D eigenvalue weighted by Crippen LogP contribution is 2.30. The second-order valence-corrected chi connectivity index (χ2v) is 5.31. The summed E-state index contributed by atoms with van der Waals surface area (Å²) < 4.78 is 0. The molecule has 2 aromatic rings. The van der Waals surface area contributed by atoms with Crippen molar-refractivity contribution in [1.29, 1.82) is 0 Å². The highest BCUT2D eigenvalue weighted by atomic mass is 14.9. The molecule has 2 heteroatoms. The molecule has 0 unspecified atom stereocenters. The second kappa shape index (κ2) is 4.62. The smallest absolute Gasteiger partial charge is 0.277 e. The standard InChI is InChI=1S/C16H16N2/c1-16(2,3)13-9-7-12(8-10-13)14-6-5-11-18-15(14)17-4/h5-11H,1-3H3. The monoisotopic (exact) mass is 236 g/mol. The summed E-state index contributed by atoms with van der Waals surface area (Å²) in [4.78, 5) is 7.55. The zero-order valence-corrected chi connectivity index (χ0v) is 10.9. The maximum Gasteiger partial charge on any atom is 0.277 e. The van der Waals surface area contributed by atoms with Crippen molar-refractivity contribution in [1.82, 2.24) is 4.98 Å². The van der Waals surface area contributed by atoms with Crippen LogP contribution in [-0.2, 0) is 5.41 Å². The Hall–Kier alpha value is -2.14. The first kappa shape index (κ1) is 12.3. The summed E-state index contributed by atoms with van der Waals surface area (Å²) in [7, 11) is 0. The zero-order chi connectivity index (χ0) is 13.2. The summed E-state index contributed by atoms with van der Waals surface area (Å²) in [5.74, 6) is 0.459. The third kappa shape index (κ3) is 2.41. The molecule has 1 heterocycles. The molecule has 0 spiro atoms. The first-order valence-electron chi connectivity index (χ1n) is 5.96. The van der Waals surface area contributed by atoms with Gasteiger partial charge in [-0.1, -0.05) is 57.7 Å². The lowest BCUT2D eigenvalue weighted by molar-refractivity contribution is 0.590. The maximum atomic E-state index is 7.14. The van der Waals surface area contributed by atoms with Crippen LogP contribution in [0.3, 0.4) is 0 Å². The van der Waals surface area contributed by atoms with E-state index in [-0.39, 0.29) is 5.41 Å². The molecule has 2 rings (SSSR count). The Kier molecular flexibility index (Phi) is 3.16. The van der Waals surface area contributed by atoms with Crippen molar-refractivity contribution in [2.24, 2.45) is 0 Å². The summed E-state index contributed by atoms with van der Waals surface area (Å²) in [5, 5.41) is 0. The van der Waals surface area contributed by atoms with Crippen molar-refractivity contribution in [2.75, 3.05) is 0 Å². The molecule has 2 nitrogen and oxygen atoms in total. The maximum absolute atomic E-state index is 7.14. The number of benzene rings is 1. The molecule has 0 radical (unpaired) electrons. The van der Waals surface area contributed by atoms with E-state index in [4.69, 9.17) is 6.57 Å². The van der Waals surface area contributed by atoms with Gasteiger partial charge in [-0.05, 0) is 22.6 Å². The van der Waals surface area contributed by atoms with Crippen molar-refractivity contribution < 1.29 is 0 Å². The van der Waals surface area contributed by atoms with E-state index in [2.05, 4.69) is 54.9 Å². The van der Waals surface area contributed by atoms with Gasteiger partial charge in [0.1, 0.15) is 6.20 Å². The SMILES string of the molecule is [C-]#[N+]c1ncccc1-c1ccc(C(C)(C)C)cc1. The largest absolute Gasteiger partial charge is 0.360 e. The van der Waals surface area contributed by atoms with Crippen LogP contribution in [0.25, 0.3) is 16.0 Å². The van der Waals surface area contributed by atoms with E-state index in [0.29, 0.717) is 5.82 Å². The lowest BCUT2D eigenvalue weighted by atomic mass is 9.86. The molecular weight excluding hydrogens is 220 g/mol. The molecule has 0 aliphatic heterocycles. The van der Waals surface area contributed by atoms with Gasteiger partial charge in [0.2, 0.25) is 0 Å². The summed E-state index contributed by atoms with van der Waals surface area (Å²) in [6.45, 7) is 13.7. The molecule has 0 atom stereocenters. The van der Waals surface area contributed by atoms with Crippen molar-refractivity contribution in [3.8, 4) is 11.1 Å². The lowest BCUT2D eigenvalue weighted by Crippen LogP contribution is -2.10. The third-order valence-electron chi connectivity index (χ3n) is 2.95. The molecular formula is C16H16N2. The Bertz CT molecular complexity index is 584.